The van der Waals surface area contributed by atoms with E-state index in [0.717, 1.165) is 23.2 Å². The second kappa shape index (κ2) is 7.98. The summed E-state index contributed by atoms with van der Waals surface area (Å²) in [5, 5.41) is 3.43. The van der Waals surface area contributed by atoms with E-state index in [4.69, 9.17) is 14.2 Å². The van der Waals surface area contributed by atoms with Crippen LogP contribution < -0.4 is 10.1 Å². The third-order valence-electron chi connectivity index (χ3n) is 3.41. The molecule has 0 bridgehead atoms. The van der Waals surface area contributed by atoms with Gasteiger partial charge in [0.25, 0.3) is 0 Å². The molecule has 1 fully saturated rings. The van der Waals surface area contributed by atoms with Gasteiger partial charge in [0.2, 0.25) is 0 Å². The van der Waals surface area contributed by atoms with E-state index in [1.807, 2.05) is 24.3 Å². The zero-order valence-corrected chi connectivity index (χ0v) is 13.6. The molecule has 112 valence electrons. The third kappa shape index (κ3) is 4.19. The molecule has 20 heavy (non-hydrogen) atoms. The summed E-state index contributed by atoms with van der Waals surface area (Å²) in [7, 11) is 1.68. The maximum absolute atomic E-state index is 6.00. The fraction of sp³-hybridized carbons (Fsp3) is 0.600. The fourth-order valence-corrected chi connectivity index (χ4v) is 2.60. The molecule has 0 heterocycles. The van der Waals surface area contributed by atoms with Gasteiger partial charge >= 0.3 is 0 Å². The van der Waals surface area contributed by atoms with Crippen LogP contribution in [0.25, 0.3) is 0 Å². The standard InChI is InChI=1S/C15H22BrNO3/c1-3-17-13-10-14(15(13)19-9-8-18-2)20-12-6-4-11(16)5-7-12/h4-7,13-15,17H,3,8-10H2,1-2H3. The lowest BCUT2D eigenvalue weighted by molar-refractivity contribution is -0.115. The van der Waals surface area contributed by atoms with Crippen LogP contribution in [0.3, 0.4) is 0 Å². The van der Waals surface area contributed by atoms with Crippen LogP contribution in [-0.2, 0) is 9.47 Å². The highest BCUT2D eigenvalue weighted by Crippen LogP contribution is 2.29. The quantitative estimate of drug-likeness (QED) is 0.736. The predicted octanol–water partition coefficient (Wildman–Crippen LogP) is 2.61. The number of nitrogens with one attached hydrogen (secondary N) is 1. The number of methoxy groups -OCH3 is 1. The lowest BCUT2D eigenvalue weighted by atomic mass is 9.85. The summed E-state index contributed by atoms with van der Waals surface area (Å²) in [6.07, 6.45) is 1.17. The van der Waals surface area contributed by atoms with E-state index in [0.29, 0.717) is 19.3 Å². The van der Waals surface area contributed by atoms with Gasteiger partial charge in [0.15, 0.2) is 0 Å². The van der Waals surface area contributed by atoms with Crippen LogP contribution in [0.15, 0.2) is 28.7 Å². The summed E-state index contributed by atoms with van der Waals surface area (Å²) in [4.78, 5) is 0. The molecule has 1 aromatic carbocycles. The SMILES string of the molecule is CCNC1CC(Oc2ccc(Br)cc2)C1OCCOC. The van der Waals surface area contributed by atoms with Crippen molar-refractivity contribution in [1.29, 1.82) is 0 Å². The van der Waals surface area contributed by atoms with Crippen LogP contribution in [0.1, 0.15) is 13.3 Å². The molecule has 2 rings (SSSR count). The molecule has 0 amide bonds. The Hall–Kier alpha value is -0.620. The molecule has 1 N–H and O–H groups in total. The average molecular weight is 344 g/mol. The van der Waals surface area contributed by atoms with Crippen molar-refractivity contribution in [2.45, 2.75) is 31.6 Å². The van der Waals surface area contributed by atoms with Gasteiger partial charge in [0, 0.05) is 24.0 Å². The van der Waals surface area contributed by atoms with Gasteiger partial charge in [0.05, 0.1) is 13.2 Å². The van der Waals surface area contributed by atoms with E-state index in [1.54, 1.807) is 7.11 Å². The number of ether oxygens (including phenoxy) is 3. The van der Waals surface area contributed by atoms with Crippen molar-refractivity contribution in [2.24, 2.45) is 0 Å². The summed E-state index contributed by atoms with van der Waals surface area (Å²) in [6, 6.07) is 8.28. The molecule has 1 aliphatic rings. The summed E-state index contributed by atoms with van der Waals surface area (Å²) in [6.45, 7) is 4.26. The minimum absolute atomic E-state index is 0.0914. The van der Waals surface area contributed by atoms with Gasteiger partial charge in [-0.15, -0.1) is 0 Å². The number of hydrogen-bond donors (Lipinski definition) is 1. The molecule has 0 spiro atoms. The Bertz CT molecular complexity index is 399. The first-order valence-electron chi connectivity index (χ1n) is 7.00. The molecule has 1 aromatic rings. The van der Waals surface area contributed by atoms with Gasteiger partial charge in [0.1, 0.15) is 18.0 Å². The lowest BCUT2D eigenvalue weighted by Crippen LogP contribution is -2.61. The number of benzene rings is 1. The monoisotopic (exact) mass is 343 g/mol. The first-order chi connectivity index (χ1) is 9.74. The smallest absolute Gasteiger partial charge is 0.128 e. The highest BCUT2D eigenvalue weighted by molar-refractivity contribution is 9.10. The molecule has 0 aromatic heterocycles. The molecule has 0 saturated heterocycles. The number of halogens is 1. The largest absolute Gasteiger partial charge is 0.488 e. The Morgan fingerprint density at radius 2 is 2.00 bits per heavy atom. The number of hydrogen-bond acceptors (Lipinski definition) is 4. The van der Waals surface area contributed by atoms with Crippen molar-refractivity contribution in [3.63, 3.8) is 0 Å². The molecule has 3 atom stereocenters. The van der Waals surface area contributed by atoms with Crippen molar-refractivity contribution in [3.8, 4) is 5.75 Å². The molecule has 5 heteroatoms. The van der Waals surface area contributed by atoms with Gasteiger partial charge < -0.3 is 19.5 Å². The summed E-state index contributed by atoms with van der Waals surface area (Å²) in [5.41, 5.74) is 0. The van der Waals surface area contributed by atoms with E-state index < -0.39 is 0 Å². The van der Waals surface area contributed by atoms with E-state index >= 15 is 0 Å². The molecule has 4 nitrogen and oxygen atoms in total. The molecule has 1 saturated carbocycles. The van der Waals surface area contributed by atoms with E-state index in [1.165, 1.54) is 0 Å². The molecule has 1 aliphatic carbocycles. The number of likely N-dealkylation sites (N-methyl/N-ethyl adjacent to an activating group) is 1. The summed E-state index contributed by atoms with van der Waals surface area (Å²) >= 11 is 3.42. The van der Waals surface area contributed by atoms with E-state index in [9.17, 15) is 0 Å². The number of rotatable bonds is 8. The van der Waals surface area contributed by atoms with Crippen LogP contribution in [0, 0.1) is 0 Å². The van der Waals surface area contributed by atoms with Gasteiger partial charge in [-0.2, -0.15) is 0 Å². The molecular formula is C15H22BrNO3. The highest BCUT2D eigenvalue weighted by atomic mass is 79.9. The Morgan fingerprint density at radius 1 is 1.25 bits per heavy atom. The van der Waals surface area contributed by atoms with Gasteiger partial charge in [-0.25, -0.2) is 0 Å². The minimum atomic E-state index is 0.0914. The third-order valence-corrected chi connectivity index (χ3v) is 3.94. The molecule has 3 unspecified atom stereocenters. The topological polar surface area (TPSA) is 39.7 Å². The first kappa shape index (κ1) is 15.8. The van der Waals surface area contributed by atoms with Crippen LogP contribution in [0.2, 0.25) is 0 Å². The predicted molar refractivity (Wildman–Crippen MR) is 82.3 cm³/mol. The van der Waals surface area contributed by atoms with Crippen molar-refractivity contribution in [2.75, 3.05) is 26.9 Å². The second-order valence-electron chi connectivity index (χ2n) is 4.84. The average Bonchev–Trinajstić information content (AvgIpc) is 2.44. The minimum Gasteiger partial charge on any atom is -0.488 e. The second-order valence-corrected chi connectivity index (χ2v) is 5.75. The lowest BCUT2D eigenvalue weighted by Gasteiger charge is -2.44. The zero-order valence-electron chi connectivity index (χ0n) is 12.0. The van der Waals surface area contributed by atoms with Crippen molar-refractivity contribution < 1.29 is 14.2 Å². The van der Waals surface area contributed by atoms with Crippen molar-refractivity contribution in [3.05, 3.63) is 28.7 Å². The first-order valence-corrected chi connectivity index (χ1v) is 7.80. The molecule has 0 radical (unpaired) electrons. The van der Waals surface area contributed by atoms with Crippen LogP contribution >= 0.6 is 15.9 Å². The summed E-state index contributed by atoms with van der Waals surface area (Å²) in [5.74, 6) is 0.883. The van der Waals surface area contributed by atoms with E-state index in [2.05, 4.69) is 28.2 Å². The normalized spacial score (nSPS) is 25.2. The highest BCUT2D eigenvalue weighted by Gasteiger charge is 2.43. The Balaban J connectivity index is 1.87. The summed E-state index contributed by atoms with van der Waals surface area (Å²) < 4.78 is 18.0. The Labute approximate surface area is 128 Å². The Morgan fingerprint density at radius 3 is 2.65 bits per heavy atom. The van der Waals surface area contributed by atoms with Crippen molar-refractivity contribution in [1.82, 2.24) is 5.32 Å². The molecular weight excluding hydrogens is 322 g/mol. The van der Waals surface area contributed by atoms with Crippen molar-refractivity contribution >= 4 is 15.9 Å². The molecule has 0 aliphatic heterocycles. The van der Waals surface area contributed by atoms with Gasteiger partial charge in [-0.3, -0.25) is 0 Å². The maximum Gasteiger partial charge on any atom is 0.128 e. The zero-order chi connectivity index (χ0) is 14.4. The maximum atomic E-state index is 6.00. The van der Waals surface area contributed by atoms with Crippen LogP contribution in [0.5, 0.6) is 5.75 Å². The fourth-order valence-electron chi connectivity index (χ4n) is 2.34. The van der Waals surface area contributed by atoms with Gasteiger partial charge in [-0.1, -0.05) is 22.9 Å². The van der Waals surface area contributed by atoms with Crippen LogP contribution in [-0.4, -0.2) is 45.1 Å². The Kier molecular flexibility index (Phi) is 6.29. The van der Waals surface area contributed by atoms with E-state index in [-0.39, 0.29) is 12.2 Å². The van der Waals surface area contributed by atoms with Crippen LogP contribution in [0.4, 0.5) is 0 Å². The van der Waals surface area contributed by atoms with Gasteiger partial charge in [-0.05, 0) is 30.8 Å².